The predicted octanol–water partition coefficient (Wildman–Crippen LogP) is 0.104. The van der Waals surface area contributed by atoms with Crippen LogP contribution in [0.1, 0.15) is 27.2 Å². The fourth-order valence-corrected chi connectivity index (χ4v) is 1.68. The van der Waals surface area contributed by atoms with E-state index in [9.17, 15) is 9.59 Å². The quantitative estimate of drug-likeness (QED) is 0.738. The Morgan fingerprint density at radius 1 is 1.59 bits per heavy atom. The monoisotopic (exact) mass is 244 g/mol. The van der Waals surface area contributed by atoms with Crippen molar-refractivity contribution in [3.05, 3.63) is 0 Å². The minimum Gasteiger partial charge on any atom is -0.444 e. The molecular weight excluding hydrogens is 224 g/mol. The van der Waals surface area contributed by atoms with Crippen molar-refractivity contribution < 1.29 is 19.4 Å². The molecule has 0 aromatic carbocycles. The van der Waals surface area contributed by atoms with Crippen molar-refractivity contribution in [2.24, 2.45) is 0 Å². The van der Waals surface area contributed by atoms with Gasteiger partial charge in [-0.2, -0.15) is 0 Å². The summed E-state index contributed by atoms with van der Waals surface area (Å²) in [5.41, 5.74) is -0.544. The third-order valence-corrected chi connectivity index (χ3v) is 2.31. The van der Waals surface area contributed by atoms with Gasteiger partial charge in [0.15, 0.2) is 0 Å². The van der Waals surface area contributed by atoms with E-state index in [1.165, 1.54) is 4.90 Å². The number of carbonyl (C=O) groups is 2. The average molecular weight is 244 g/mol. The Kier molecular flexibility index (Phi) is 4.34. The largest absolute Gasteiger partial charge is 0.444 e. The minimum atomic E-state index is -0.544. The molecule has 1 fully saturated rings. The molecular formula is C11H20N2O4. The van der Waals surface area contributed by atoms with Gasteiger partial charge in [0.1, 0.15) is 5.60 Å². The van der Waals surface area contributed by atoms with Crippen LogP contribution in [0.25, 0.3) is 0 Å². The SMILES string of the molecule is CC(C)(C)OC(=O)N[C@@H]1CC(=O)N(CCO)C1. The molecule has 1 rings (SSSR count). The van der Waals surface area contributed by atoms with Crippen molar-refractivity contribution in [1.82, 2.24) is 10.2 Å². The van der Waals surface area contributed by atoms with Gasteiger partial charge in [-0.1, -0.05) is 0 Å². The first kappa shape index (κ1) is 13.8. The van der Waals surface area contributed by atoms with E-state index in [1.807, 2.05) is 0 Å². The highest BCUT2D eigenvalue weighted by Crippen LogP contribution is 2.12. The van der Waals surface area contributed by atoms with E-state index in [0.29, 0.717) is 13.1 Å². The van der Waals surface area contributed by atoms with Gasteiger partial charge < -0.3 is 20.1 Å². The molecule has 1 heterocycles. The first-order valence-corrected chi connectivity index (χ1v) is 5.70. The van der Waals surface area contributed by atoms with Crippen molar-refractivity contribution in [2.75, 3.05) is 19.7 Å². The van der Waals surface area contributed by atoms with Gasteiger partial charge >= 0.3 is 6.09 Å². The lowest BCUT2D eigenvalue weighted by atomic mass is 10.2. The molecule has 98 valence electrons. The summed E-state index contributed by atoms with van der Waals surface area (Å²) < 4.78 is 5.10. The molecule has 0 aliphatic carbocycles. The fraction of sp³-hybridized carbons (Fsp3) is 0.818. The van der Waals surface area contributed by atoms with Crippen LogP contribution >= 0.6 is 0 Å². The van der Waals surface area contributed by atoms with Crippen molar-refractivity contribution >= 4 is 12.0 Å². The Labute approximate surface area is 101 Å². The maximum absolute atomic E-state index is 11.5. The van der Waals surface area contributed by atoms with Crippen molar-refractivity contribution in [3.63, 3.8) is 0 Å². The van der Waals surface area contributed by atoms with E-state index >= 15 is 0 Å². The van der Waals surface area contributed by atoms with E-state index in [2.05, 4.69) is 5.32 Å². The second-order valence-corrected chi connectivity index (χ2v) is 5.11. The third-order valence-electron chi connectivity index (χ3n) is 2.31. The van der Waals surface area contributed by atoms with Crippen LogP contribution in [0.5, 0.6) is 0 Å². The molecule has 1 atom stereocenters. The predicted molar refractivity (Wildman–Crippen MR) is 61.4 cm³/mol. The lowest BCUT2D eigenvalue weighted by molar-refractivity contribution is -0.128. The van der Waals surface area contributed by atoms with Crippen LogP contribution in [-0.4, -0.2) is 53.3 Å². The first-order valence-electron chi connectivity index (χ1n) is 5.70. The highest BCUT2D eigenvalue weighted by molar-refractivity contribution is 5.80. The zero-order chi connectivity index (χ0) is 13.1. The zero-order valence-electron chi connectivity index (χ0n) is 10.5. The summed E-state index contributed by atoms with van der Waals surface area (Å²) in [5, 5.41) is 11.4. The Morgan fingerprint density at radius 3 is 2.76 bits per heavy atom. The van der Waals surface area contributed by atoms with E-state index in [4.69, 9.17) is 9.84 Å². The molecule has 1 saturated heterocycles. The molecule has 1 aliphatic heterocycles. The van der Waals surface area contributed by atoms with Crippen molar-refractivity contribution in [3.8, 4) is 0 Å². The lowest BCUT2D eigenvalue weighted by Crippen LogP contribution is -2.40. The fourth-order valence-electron chi connectivity index (χ4n) is 1.68. The molecule has 0 bridgehead atoms. The topological polar surface area (TPSA) is 78.9 Å². The molecule has 2 N–H and O–H groups in total. The first-order chi connectivity index (χ1) is 7.81. The summed E-state index contributed by atoms with van der Waals surface area (Å²) in [6, 6.07) is -0.233. The number of nitrogens with zero attached hydrogens (tertiary/aromatic N) is 1. The second-order valence-electron chi connectivity index (χ2n) is 5.11. The van der Waals surface area contributed by atoms with Gasteiger partial charge in [0.2, 0.25) is 5.91 Å². The molecule has 0 saturated carbocycles. The Hall–Kier alpha value is -1.30. The third kappa shape index (κ3) is 4.60. The molecule has 0 radical (unpaired) electrons. The van der Waals surface area contributed by atoms with Gasteiger partial charge in [-0.15, -0.1) is 0 Å². The van der Waals surface area contributed by atoms with Gasteiger partial charge in [0.05, 0.1) is 12.6 Å². The molecule has 2 amide bonds. The smallest absolute Gasteiger partial charge is 0.407 e. The number of rotatable bonds is 3. The average Bonchev–Trinajstić information content (AvgIpc) is 2.43. The zero-order valence-corrected chi connectivity index (χ0v) is 10.5. The number of nitrogens with one attached hydrogen (secondary N) is 1. The normalized spacial score (nSPS) is 20.6. The summed E-state index contributed by atoms with van der Waals surface area (Å²) >= 11 is 0. The van der Waals surface area contributed by atoms with Gasteiger partial charge in [-0.3, -0.25) is 4.79 Å². The van der Waals surface area contributed by atoms with Crippen molar-refractivity contribution in [1.29, 1.82) is 0 Å². The van der Waals surface area contributed by atoms with Crippen molar-refractivity contribution in [2.45, 2.75) is 38.8 Å². The summed E-state index contributed by atoms with van der Waals surface area (Å²) in [6.07, 6.45) is -0.250. The van der Waals surface area contributed by atoms with Crippen LogP contribution in [-0.2, 0) is 9.53 Å². The van der Waals surface area contributed by atoms with E-state index in [0.717, 1.165) is 0 Å². The molecule has 0 spiro atoms. The number of alkyl carbamates (subject to hydrolysis) is 1. The van der Waals surface area contributed by atoms with Crippen LogP contribution in [0.4, 0.5) is 4.79 Å². The summed E-state index contributed by atoms with van der Waals surface area (Å²) in [6.45, 7) is 6.02. The van der Waals surface area contributed by atoms with Crippen LogP contribution in [0.2, 0.25) is 0 Å². The molecule has 17 heavy (non-hydrogen) atoms. The summed E-state index contributed by atoms with van der Waals surface area (Å²) in [7, 11) is 0. The van der Waals surface area contributed by atoms with Crippen LogP contribution < -0.4 is 5.32 Å². The molecule has 1 aliphatic rings. The lowest BCUT2D eigenvalue weighted by Gasteiger charge is -2.21. The number of hydrogen-bond acceptors (Lipinski definition) is 4. The van der Waals surface area contributed by atoms with E-state index < -0.39 is 11.7 Å². The summed E-state index contributed by atoms with van der Waals surface area (Å²) in [4.78, 5) is 24.5. The Balaban J connectivity index is 2.39. The van der Waals surface area contributed by atoms with Gasteiger partial charge in [0.25, 0.3) is 0 Å². The Bertz CT molecular complexity index is 298. The maximum Gasteiger partial charge on any atom is 0.407 e. The number of aliphatic hydroxyl groups is 1. The molecule has 6 heteroatoms. The number of amides is 2. The van der Waals surface area contributed by atoms with Crippen LogP contribution in [0.3, 0.4) is 0 Å². The highest BCUT2D eigenvalue weighted by atomic mass is 16.6. The summed E-state index contributed by atoms with van der Waals surface area (Å²) in [5.74, 6) is -0.0555. The number of likely N-dealkylation sites (tertiary alicyclic amines) is 1. The molecule has 6 nitrogen and oxygen atoms in total. The molecule has 0 aromatic heterocycles. The number of β-amino-alcohol motifs (C(OH)–C–C–N with tert-alkyl or cyclic N) is 1. The highest BCUT2D eigenvalue weighted by Gasteiger charge is 2.31. The second kappa shape index (κ2) is 5.35. The maximum atomic E-state index is 11.5. The molecule has 0 aromatic rings. The van der Waals surface area contributed by atoms with Crippen LogP contribution in [0, 0.1) is 0 Å². The van der Waals surface area contributed by atoms with Crippen LogP contribution in [0.15, 0.2) is 0 Å². The van der Waals surface area contributed by atoms with E-state index in [1.54, 1.807) is 20.8 Å². The number of ether oxygens (including phenoxy) is 1. The minimum absolute atomic E-state index is 0.0555. The van der Waals surface area contributed by atoms with E-state index in [-0.39, 0.29) is 25.0 Å². The number of hydrogen-bond donors (Lipinski definition) is 2. The number of aliphatic hydroxyl groups excluding tert-OH is 1. The molecule has 0 unspecified atom stereocenters. The standard InChI is InChI=1S/C11H20N2O4/c1-11(2,3)17-10(16)12-8-6-9(15)13(7-8)4-5-14/h8,14H,4-7H2,1-3H3,(H,12,16)/t8-/m1/s1. The number of carbonyl (C=O) groups excluding carboxylic acids is 2. The van der Waals surface area contributed by atoms with Gasteiger partial charge in [-0.25, -0.2) is 4.79 Å². The van der Waals surface area contributed by atoms with Gasteiger partial charge in [-0.05, 0) is 20.8 Å². The van der Waals surface area contributed by atoms with Gasteiger partial charge in [0, 0.05) is 19.5 Å². The Morgan fingerprint density at radius 2 is 2.24 bits per heavy atom.